The molecule has 0 radical (unpaired) electrons. The maximum absolute atomic E-state index is 5.98. The fourth-order valence-corrected chi connectivity index (χ4v) is 6.00. The van der Waals surface area contributed by atoms with Crippen molar-refractivity contribution in [1.82, 2.24) is 0 Å². The fourth-order valence-electron chi connectivity index (χ4n) is 1.50. The van der Waals surface area contributed by atoms with Gasteiger partial charge in [-0.3, -0.25) is 0 Å². The summed E-state index contributed by atoms with van der Waals surface area (Å²) in [6, 6.07) is 3.29. The predicted octanol–water partition coefficient (Wildman–Crippen LogP) is 6.28. The molecule has 0 aromatic rings. The van der Waals surface area contributed by atoms with Crippen molar-refractivity contribution in [2.75, 3.05) is 19.8 Å². The molecule has 0 unspecified atom stereocenters. The Labute approximate surface area is 153 Å². The lowest BCUT2D eigenvalue weighted by atomic mass is 10.9. The monoisotopic (exact) mass is 414 g/mol. The average Bonchev–Trinajstić information content (AvgIpc) is 2.22. The molecule has 0 spiro atoms. The van der Waals surface area contributed by atoms with Gasteiger partial charge in [-0.25, -0.2) is 0 Å². The molecule has 0 fully saturated rings. The Balaban J connectivity index is 4.53. The van der Waals surface area contributed by atoms with E-state index in [9.17, 15) is 0 Å². The van der Waals surface area contributed by atoms with Gasteiger partial charge in [-0.2, -0.15) is 0 Å². The zero-order valence-corrected chi connectivity index (χ0v) is 21.5. The van der Waals surface area contributed by atoms with Crippen LogP contribution in [-0.4, -0.2) is 44.0 Å². The smallest absolute Gasteiger partial charge is 0.309 e. The van der Waals surface area contributed by atoms with Crippen LogP contribution in [0.2, 0.25) is 77.1 Å². The van der Waals surface area contributed by atoms with E-state index < -0.39 is 30.9 Å². The second kappa shape index (κ2) is 9.76. The van der Waals surface area contributed by atoms with Crippen molar-refractivity contribution in [3.8, 4) is 0 Å². The van der Waals surface area contributed by atoms with Gasteiger partial charge in [0.25, 0.3) is 0 Å². The minimum Gasteiger partial charge on any atom is -0.309 e. The largest absolute Gasteiger partial charge is 0.327 e. The molecule has 0 aromatic heterocycles. The van der Waals surface area contributed by atoms with Crippen molar-refractivity contribution in [3.05, 3.63) is 0 Å². The van der Waals surface area contributed by atoms with E-state index in [1.54, 1.807) is 0 Å². The van der Waals surface area contributed by atoms with Crippen LogP contribution < -0.4 is 0 Å². The first-order valence-corrected chi connectivity index (χ1v) is 22.3. The van der Waals surface area contributed by atoms with Crippen molar-refractivity contribution in [2.45, 2.75) is 77.1 Å². The molecule has 0 atom stereocenters. The van der Waals surface area contributed by atoms with E-state index in [-0.39, 0.29) is 0 Å². The summed E-state index contributed by atoms with van der Waals surface area (Å²) < 4.78 is 17.9. The normalized spacial score (nSPS) is 14.3. The Morgan fingerprint density at radius 3 is 0.957 bits per heavy atom. The van der Waals surface area contributed by atoms with Crippen molar-refractivity contribution in [2.24, 2.45) is 0 Å². The molecule has 8 heteroatoms. The van der Waals surface area contributed by atoms with Crippen LogP contribution in [0.25, 0.3) is 0 Å². The Hall–Kier alpha value is 1.18. The van der Waals surface area contributed by atoms with Crippen molar-refractivity contribution in [1.29, 1.82) is 0 Å². The molecule has 0 bridgehead atoms. The Morgan fingerprint density at radius 2 is 0.783 bits per heavy atom. The maximum Gasteiger partial charge on any atom is 0.327 e. The second-order valence-corrected chi connectivity index (χ2v) is 29.8. The standard InChI is InChI=1S/C15H39O3PSSi3/c1-21(2,3)13-10-16-19(20,17-11-14-22(4,5)6)18-12-15-23(7,8)9/h10-15H2,1-9H3. The lowest BCUT2D eigenvalue weighted by Crippen LogP contribution is -2.24. The predicted molar refractivity (Wildman–Crippen MR) is 117 cm³/mol. The molecular weight excluding hydrogens is 375 g/mol. The van der Waals surface area contributed by atoms with Gasteiger partial charge in [-0.15, -0.1) is 0 Å². The second-order valence-electron chi connectivity index (χ2n) is 9.88. The van der Waals surface area contributed by atoms with Crippen molar-refractivity contribution in [3.63, 3.8) is 0 Å². The minimum atomic E-state index is -2.58. The SMILES string of the molecule is C[Si](C)(C)CCOP(=S)(OCC[Si](C)(C)C)OCC[Si](C)(C)C. The van der Waals surface area contributed by atoms with Gasteiger partial charge in [0, 0.05) is 24.2 Å². The maximum atomic E-state index is 5.98. The van der Waals surface area contributed by atoms with Gasteiger partial charge in [-0.05, 0) is 29.9 Å². The van der Waals surface area contributed by atoms with Crippen LogP contribution in [0.15, 0.2) is 0 Å². The van der Waals surface area contributed by atoms with Gasteiger partial charge < -0.3 is 13.6 Å². The highest BCUT2D eigenvalue weighted by Gasteiger charge is 2.25. The highest BCUT2D eigenvalue weighted by atomic mass is 32.5. The van der Waals surface area contributed by atoms with Gasteiger partial charge in [0.2, 0.25) is 0 Å². The van der Waals surface area contributed by atoms with Gasteiger partial charge in [0.15, 0.2) is 0 Å². The molecule has 0 aliphatic heterocycles. The van der Waals surface area contributed by atoms with Crippen LogP contribution in [0.1, 0.15) is 0 Å². The summed E-state index contributed by atoms with van der Waals surface area (Å²) in [7, 11) is -3.39. The van der Waals surface area contributed by atoms with E-state index in [0.717, 1.165) is 18.1 Å². The van der Waals surface area contributed by atoms with E-state index in [1.807, 2.05) is 0 Å². The molecule has 140 valence electrons. The van der Waals surface area contributed by atoms with Crippen LogP contribution in [0, 0.1) is 0 Å². The minimum absolute atomic E-state index is 0.674. The van der Waals surface area contributed by atoms with E-state index >= 15 is 0 Å². The van der Waals surface area contributed by atoms with Gasteiger partial charge in [0.1, 0.15) is 0 Å². The molecule has 0 aromatic carbocycles. The summed E-state index contributed by atoms with van der Waals surface area (Å²) >= 11 is 5.66. The first-order valence-electron chi connectivity index (χ1n) is 8.66. The lowest BCUT2D eigenvalue weighted by Gasteiger charge is -2.26. The van der Waals surface area contributed by atoms with Crippen molar-refractivity contribution < 1.29 is 13.6 Å². The number of hydrogen-bond donors (Lipinski definition) is 0. The Kier molecular flexibility index (Phi) is 10.3. The third-order valence-corrected chi connectivity index (χ3v) is 10.9. The molecular formula is C15H39O3PSSi3. The van der Waals surface area contributed by atoms with Gasteiger partial charge in [-0.1, -0.05) is 58.9 Å². The van der Waals surface area contributed by atoms with Crippen LogP contribution in [0.5, 0.6) is 0 Å². The topological polar surface area (TPSA) is 27.7 Å². The molecule has 0 N–H and O–H groups in total. The molecule has 0 aliphatic carbocycles. The fraction of sp³-hybridized carbons (Fsp3) is 1.00. The van der Waals surface area contributed by atoms with E-state index in [4.69, 9.17) is 25.4 Å². The van der Waals surface area contributed by atoms with Crippen LogP contribution in [-0.2, 0) is 25.4 Å². The summed E-state index contributed by atoms with van der Waals surface area (Å²) in [5.41, 5.74) is 0. The molecule has 0 saturated carbocycles. The zero-order chi connectivity index (χ0) is 18.4. The summed E-state index contributed by atoms with van der Waals surface area (Å²) in [5, 5.41) is 0. The highest BCUT2D eigenvalue weighted by Crippen LogP contribution is 2.50. The molecule has 0 heterocycles. The number of rotatable bonds is 12. The molecule has 3 nitrogen and oxygen atoms in total. The third-order valence-electron chi connectivity index (χ3n) is 3.30. The highest BCUT2D eigenvalue weighted by molar-refractivity contribution is 8.07. The first kappa shape index (κ1) is 24.2. The summed E-state index contributed by atoms with van der Waals surface area (Å²) in [4.78, 5) is 0. The summed E-state index contributed by atoms with van der Waals surface area (Å²) in [5.74, 6) is 0. The van der Waals surface area contributed by atoms with Gasteiger partial charge in [0.05, 0.1) is 19.8 Å². The molecule has 23 heavy (non-hydrogen) atoms. The third kappa shape index (κ3) is 16.4. The van der Waals surface area contributed by atoms with Gasteiger partial charge >= 0.3 is 6.72 Å². The van der Waals surface area contributed by atoms with E-state index in [1.165, 1.54) is 0 Å². The molecule has 0 aliphatic rings. The first-order chi connectivity index (χ1) is 10.1. The van der Waals surface area contributed by atoms with Crippen molar-refractivity contribution >= 4 is 42.7 Å². The molecule has 0 amide bonds. The Morgan fingerprint density at radius 1 is 0.565 bits per heavy atom. The molecule has 0 saturated heterocycles. The van der Waals surface area contributed by atoms with Crippen LogP contribution in [0.4, 0.5) is 0 Å². The van der Waals surface area contributed by atoms with Crippen LogP contribution in [0.3, 0.4) is 0 Å². The van der Waals surface area contributed by atoms with E-state index in [2.05, 4.69) is 58.9 Å². The number of hydrogen-bond acceptors (Lipinski definition) is 4. The Bertz CT molecular complexity index is 330. The summed E-state index contributed by atoms with van der Waals surface area (Å²) in [6.45, 7) is 20.5. The average molecular weight is 415 g/mol. The quantitative estimate of drug-likeness (QED) is 0.277. The molecule has 0 rings (SSSR count). The lowest BCUT2D eigenvalue weighted by molar-refractivity contribution is 0.172. The van der Waals surface area contributed by atoms with E-state index in [0.29, 0.717) is 19.8 Å². The van der Waals surface area contributed by atoms with Crippen LogP contribution >= 0.6 is 6.72 Å². The zero-order valence-electron chi connectivity index (χ0n) is 16.8. The summed E-state index contributed by atoms with van der Waals surface area (Å²) in [6.07, 6.45) is 0.